The molecule has 1 saturated heterocycles. The van der Waals surface area contributed by atoms with Crippen molar-refractivity contribution in [3.8, 4) is 0 Å². The van der Waals surface area contributed by atoms with E-state index in [4.69, 9.17) is 0 Å². The monoisotopic (exact) mass is 317 g/mol. The van der Waals surface area contributed by atoms with E-state index in [1.807, 2.05) is 29.2 Å². The Kier molecular flexibility index (Phi) is 4.74. The molecule has 1 unspecified atom stereocenters. The van der Waals surface area contributed by atoms with Gasteiger partial charge in [0, 0.05) is 37.0 Å². The van der Waals surface area contributed by atoms with Crippen LogP contribution in [0, 0.1) is 0 Å². The van der Waals surface area contributed by atoms with E-state index < -0.39 is 0 Å². The summed E-state index contributed by atoms with van der Waals surface area (Å²) in [5.74, 6) is 0.914. The first-order valence-corrected chi connectivity index (χ1v) is 8.31. The third-order valence-corrected chi connectivity index (χ3v) is 4.68. The molecule has 2 aromatic rings. The van der Waals surface area contributed by atoms with Gasteiger partial charge in [0.2, 0.25) is 0 Å². The highest BCUT2D eigenvalue weighted by atomic mass is 32.2. The normalized spacial score (nSPS) is 18.4. The van der Waals surface area contributed by atoms with Gasteiger partial charge < -0.3 is 10.2 Å². The van der Waals surface area contributed by atoms with E-state index in [0.29, 0.717) is 0 Å². The van der Waals surface area contributed by atoms with E-state index in [-0.39, 0.29) is 11.9 Å². The molecule has 1 atom stereocenters. The van der Waals surface area contributed by atoms with Gasteiger partial charge in [0.1, 0.15) is 6.33 Å². The molecule has 1 aromatic carbocycles. The lowest BCUT2D eigenvalue weighted by Crippen LogP contribution is -2.52. The van der Waals surface area contributed by atoms with Gasteiger partial charge in [-0.2, -0.15) is 5.10 Å². The summed E-state index contributed by atoms with van der Waals surface area (Å²) in [5.41, 5.74) is 1.91. The predicted molar refractivity (Wildman–Crippen MR) is 85.8 cm³/mol. The van der Waals surface area contributed by atoms with Crippen molar-refractivity contribution in [2.24, 2.45) is 0 Å². The van der Waals surface area contributed by atoms with Crippen molar-refractivity contribution < 1.29 is 4.79 Å². The molecule has 3 rings (SSSR count). The van der Waals surface area contributed by atoms with E-state index >= 15 is 0 Å². The number of piperazine rings is 1. The number of aromatic nitrogens is 3. The number of H-pyrrole nitrogens is 1. The maximum atomic E-state index is 12.5. The van der Waals surface area contributed by atoms with Crippen molar-refractivity contribution in [1.82, 2.24) is 25.4 Å². The number of aromatic amines is 1. The van der Waals surface area contributed by atoms with E-state index in [2.05, 4.69) is 27.4 Å². The zero-order chi connectivity index (χ0) is 15.4. The first kappa shape index (κ1) is 15.1. The van der Waals surface area contributed by atoms with Crippen LogP contribution in [0.4, 0.5) is 0 Å². The van der Waals surface area contributed by atoms with Crippen LogP contribution in [0.5, 0.6) is 0 Å². The summed E-state index contributed by atoms with van der Waals surface area (Å²) < 4.78 is 0. The van der Waals surface area contributed by atoms with Crippen molar-refractivity contribution in [3.63, 3.8) is 0 Å². The third kappa shape index (κ3) is 3.48. The van der Waals surface area contributed by atoms with Crippen LogP contribution in [-0.4, -0.2) is 51.7 Å². The fourth-order valence-electron chi connectivity index (χ4n) is 2.47. The maximum absolute atomic E-state index is 12.5. The standard InChI is InChI=1S/C15H19N5OS/c1-11-8-16-6-7-20(11)14(21)13-4-2-12(3-5-13)9-22-15-17-10-18-19-15/h2-5,10-11,16H,6-9H2,1H3,(H,17,18,19). The van der Waals surface area contributed by atoms with Gasteiger partial charge in [-0.25, -0.2) is 4.98 Å². The molecular formula is C15H19N5OS. The van der Waals surface area contributed by atoms with Crippen LogP contribution in [-0.2, 0) is 5.75 Å². The molecular weight excluding hydrogens is 298 g/mol. The molecule has 0 aliphatic carbocycles. The number of carbonyl (C=O) groups is 1. The molecule has 1 aromatic heterocycles. The Morgan fingerprint density at radius 3 is 2.91 bits per heavy atom. The minimum absolute atomic E-state index is 0.114. The Hall–Kier alpha value is -1.86. The summed E-state index contributed by atoms with van der Waals surface area (Å²) in [6.07, 6.45) is 1.50. The predicted octanol–water partition coefficient (Wildman–Crippen LogP) is 1.53. The van der Waals surface area contributed by atoms with Crippen molar-refractivity contribution in [1.29, 1.82) is 0 Å². The number of amides is 1. The molecule has 0 saturated carbocycles. The molecule has 1 amide bonds. The zero-order valence-corrected chi connectivity index (χ0v) is 13.3. The topological polar surface area (TPSA) is 73.9 Å². The van der Waals surface area contributed by atoms with E-state index in [1.165, 1.54) is 6.33 Å². The van der Waals surface area contributed by atoms with Crippen LogP contribution < -0.4 is 5.32 Å². The molecule has 2 heterocycles. The van der Waals surface area contributed by atoms with Crippen molar-refractivity contribution in [3.05, 3.63) is 41.7 Å². The van der Waals surface area contributed by atoms with Gasteiger partial charge in [-0.15, -0.1) is 0 Å². The fraction of sp³-hybridized carbons (Fsp3) is 0.400. The highest BCUT2D eigenvalue weighted by Gasteiger charge is 2.23. The summed E-state index contributed by atoms with van der Waals surface area (Å²) >= 11 is 1.59. The molecule has 1 fully saturated rings. The number of rotatable bonds is 4. The SMILES string of the molecule is CC1CNCCN1C(=O)c1ccc(CSc2ncn[nH]2)cc1. The van der Waals surface area contributed by atoms with Gasteiger partial charge in [0.05, 0.1) is 0 Å². The van der Waals surface area contributed by atoms with Gasteiger partial charge in [0.25, 0.3) is 5.91 Å². The van der Waals surface area contributed by atoms with Crippen molar-refractivity contribution >= 4 is 17.7 Å². The summed E-state index contributed by atoms with van der Waals surface area (Å²) in [7, 11) is 0. The molecule has 7 heteroatoms. The van der Waals surface area contributed by atoms with Gasteiger partial charge in [-0.1, -0.05) is 23.9 Å². The first-order valence-electron chi connectivity index (χ1n) is 7.33. The molecule has 22 heavy (non-hydrogen) atoms. The molecule has 116 valence electrons. The van der Waals surface area contributed by atoms with Crippen LogP contribution in [0.2, 0.25) is 0 Å². The molecule has 2 N–H and O–H groups in total. The lowest BCUT2D eigenvalue weighted by atomic mass is 10.1. The number of benzene rings is 1. The van der Waals surface area contributed by atoms with Crippen LogP contribution in [0.25, 0.3) is 0 Å². The van der Waals surface area contributed by atoms with Crippen LogP contribution in [0.3, 0.4) is 0 Å². The molecule has 1 aliphatic rings. The third-order valence-electron chi connectivity index (χ3n) is 3.73. The average Bonchev–Trinajstić information content (AvgIpc) is 3.07. The number of hydrogen-bond acceptors (Lipinski definition) is 5. The smallest absolute Gasteiger partial charge is 0.254 e. The average molecular weight is 317 g/mol. The Morgan fingerprint density at radius 2 is 2.23 bits per heavy atom. The maximum Gasteiger partial charge on any atom is 0.254 e. The Labute approximate surface area is 133 Å². The summed E-state index contributed by atoms with van der Waals surface area (Å²) in [5, 5.41) is 10.7. The number of hydrogen-bond donors (Lipinski definition) is 2. The van der Waals surface area contributed by atoms with Gasteiger partial charge in [0.15, 0.2) is 5.16 Å². The quantitative estimate of drug-likeness (QED) is 0.837. The Bertz CT molecular complexity index is 613. The van der Waals surface area contributed by atoms with E-state index in [9.17, 15) is 4.79 Å². The largest absolute Gasteiger partial charge is 0.333 e. The van der Waals surface area contributed by atoms with Crippen molar-refractivity contribution in [2.45, 2.75) is 23.9 Å². The minimum Gasteiger partial charge on any atom is -0.333 e. The van der Waals surface area contributed by atoms with E-state index in [1.54, 1.807) is 11.8 Å². The summed E-state index contributed by atoms with van der Waals surface area (Å²) in [6, 6.07) is 8.07. The number of nitrogens with one attached hydrogen (secondary N) is 2. The van der Waals surface area contributed by atoms with Crippen LogP contribution >= 0.6 is 11.8 Å². The summed E-state index contributed by atoms with van der Waals surface area (Å²) in [6.45, 7) is 4.56. The van der Waals surface area contributed by atoms with E-state index in [0.717, 1.165) is 41.7 Å². The second-order valence-corrected chi connectivity index (χ2v) is 6.29. The van der Waals surface area contributed by atoms with Gasteiger partial charge >= 0.3 is 0 Å². The van der Waals surface area contributed by atoms with Gasteiger partial charge in [-0.3, -0.25) is 9.89 Å². The van der Waals surface area contributed by atoms with Crippen molar-refractivity contribution in [2.75, 3.05) is 19.6 Å². The number of carbonyl (C=O) groups excluding carboxylic acids is 1. The lowest BCUT2D eigenvalue weighted by Gasteiger charge is -2.34. The fourth-order valence-corrected chi connectivity index (χ4v) is 3.20. The van der Waals surface area contributed by atoms with Gasteiger partial charge in [-0.05, 0) is 24.6 Å². The lowest BCUT2D eigenvalue weighted by molar-refractivity contribution is 0.0656. The number of thioether (sulfide) groups is 1. The molecule has 0 radical (unpaired) electrons. The highest BCUT2D eigenvalue weighted by molar-refractivity contribution is 7.98. The second-order valence-electron chi connectivity index (χ2n) is 5.33. The summed E-state index contributed by atoms with van der Waals surface area (Å²) in [4.78, 5) is 18.6. The van der Waals surface area contributed by atoms with Crippen LogP contribution in [0.1, 0.15) is 22.8 Å². The first-order chi connectivity index (χ1) is 10.7. The molecule has 1 aliphatic heterocycles. The number of nitrogens with zero attached hydrogens (tertiary/aromatic N) is 3. The Morgan fingerprint density at radius 1 is 1.41 bits per heavy atom. The van der Waals surface area contributed by atoms with Crippen LogP contribution in [0.15, 0.2) is 35.7 Å². The zero-order valence-electron chi connectivity index (χ0n) is 12.5. The second kappa shape index (κ2) is 6.93. The highest BCUT2D eigenvalue weighted by Crippen LogP contribution is 2.19. The Balaban J connectivity index is 1.62. The molecule has 0 bridgehead atoms. The minimum atomic E-state index is 0.114. The molecule has 6 nitrogen and oxygen atoms in total. The molecule has 0 spiro atoms.